The van der Waals surface area contributed by atoms with Crippen molar-refractivity contribution in [3.63, 3.8) is 0 Å². The second kappa shape index (κ2) is 8.16. The van der Waals surface area contributed by atoms with Crippen LogP contribution in [0, 0.1) is 17.8 Å². The van der Waals surface area contributed by atoms with E-state index in [-0.39, 0.29) is 5.91 Å². The molecule has 28 heavy (non-hydrogen) atoms. The van der Waals surface area contributed by atoms with Gasteiger partial charge in [0.2, 0.25) is 5.91 Å². The van der Waals surface area contributed by atoms with Gasteiger partial charge < -0.3 is 9.80 Å². The fourth-order valence-corrected chi connectivity index (χ4v) is 5.73. The number of rotatable bonds is 5. The van der Waals surface area contributed by atoms with Gasteiger partial charge in [0.25, 0.3) is 0 Å². The molecule has 3 fully saturated rings. The van der Waals surface area contributed by atoms with Crippen LogP contribution in [0.4, 0.5) is 5.69 Å². The summed E-state index contributed by atoms with van der Waals surface area (Å²) < 4.78 is 0. The van der Waals surface area contributed by atoms with Crippen molar-refractivity contribution in [2.75, 3.05) is 50.7 Å². The van der Waals surface area contributed by atoms with Crippen LogP contribution in [0.3, 0.4) is 0 Å². The Balaban J connectivity index is 1.07. The lowest BCUT2D eigenvalue weighted by Crippen LogP contribution is -2.45. The summed E-state index contributed by atoms with van der Waals surface area (Å²) in [5, 5.41) is 0. The van der Waals surface area contributed by atoms with Crippen molar-refractivity contribution in [1.29, 1.82) is 0 Å². The highest BCUT2D eigenvalue weighted by molar-refractivity contribution is 5.96. The van der Waals surface area contributed by atoms with Crippen LogP contribution >= 0.6 is 0 Å². The third-order valence-electron chi connectivity index (χ3n) is 7.69. The van der Waals surface area contributed by atoms with Crippen LogP contribution in [0.25, 0.3) is 0 Å². The molecular weight excluding hydrogens is 346 g/mol. The van der Waals surface area contributed by atoms with E-state index in [4.69, 9.17) is 0 Å². The van der Waals surface area contributed by atoms with Gasteiger partial charge in [0.15, 0.2) is 0 Å². The lowest BCUT2D eigenvalue weighted by molar-refractivity contribution is -0.120. The normalized spacial score (nSPS) is 25.2. The summed E-state index contributed by atoms with van der Waals surface area (Å²) >= 11 is 0. The predicted molar refractivity (Wildman–Crippen MR) is 114 cm³/mol. The van der Waals surface area contributed by atoms with Gasteiger partial charge in [-0.25, -0.2) is 0 Å². The van der Waals surface area contributed by atoms with Crippen LogP contribution in [0.15, 0.2) is 24.3 Å². The summed E-state index contributed by atoms with van der Waals surface area (Å²) in [6.45, 7) is 7.69. The van der Waals surface area contributed by atoms with Crippen molar-refractivity contribution in [2.45, 2.75) is 44.9 Å². The number of amides is 1. The number of fused-ring (bicyclic) bond motifs is 1. The minimum absolute atomic E-state index is 0.289. The molecule has 2 saturated heterocycles. The largest absolute Gasteiger partial charge is 0.311 e. The lowest BCUT2D eigenvalue weighted by Gasteiger charge is -2.40. The highest BCUT2D eigenvalue weighted by Crippen LogP contribution is 2.35. The molecule has 0 unspecified atom stereocenters. The average molecular weight is 382 g/mol. The molecule has 1 aromatic rings. The number of carbonyl (C=O) groups is 1. The summed E-state index contributed by atoms with van der Waals surface area (Å²) in [5.74, 6) is 3.14. The van der Waals surface area contributed by atoms with Gasteiger partial charge in [-0.05, 0) is 101 Å². The third kappa shape index (κ3) is 4.13. The Bertz CT molecular complexity index is 685. The van der Waals surface area contributed by atoms with Crippen LogP contribution < -0.4 is 4.90 Å². The summed E-state index contributed by atoms with van der Waals surface area (Å²) in [5.41, 5.74) is 2.46. The van der Waals surface area contributed by atoms with Crippen molar-refractivity contribution in [1.82, 2.24) is 9.80 Å². The fraction of sp³-hybridized carbons (Fsp3) is 0.708. The molecule has 1 aromatic carbocycles. The van der Waals surface area contributed by atoms with Gasteiger partial charge in [-0.3, -0.25) is 9.69 Å². The maximum atomic E-state index is 12.9. The lowest BCUT2D eigenvalue weighted by atomic mass is 9.79. The number of nitrogens with zero attached hydrogens (tertiary/aromatic N) is 3. The summed E-state index contributed by atoms with van der Waals surface area (Å²) in [6.07, 6.45) is 9.33. The Morgan fingerprint density at radius 1 is 0.821 bits per heavy atom. The van der Waals surface area contributed by atoms with E-state index in [1.807, 2.05) is 11.0 Å². The molecule has 1 amide bonds. The zero-order valence-corrected chi connectivity index (χ0v) is 17.2. The Hall–Kier alpha value is -1.39. The Morgan fingerprint density at radius 2 is 1.46 bits per heavy atom. The minimum atomic E-state index is 0.289. The second-order valence-electron chi connectivity index (χ2n) is 9.62. The van der Waals surface area contributed by atoms with Gasteiger partial charge in [-0.2, -0.15) is 0 Å². The van der Waals surface area contributed by atoms with Crippen LogP contribution in [0.1, 0.15) is 44.1 Å². The summed E-state index contributed by atoms with van der Waals surface area (Å²) in [4.78, 5) is 20.0. The van der Waals surface area contributed by atoms with Gasteiger partial charge in [-0.1, -0.05) is 18.2 Å². The summed E-state index contributed by atoms with van der Waals surface area (Å²) in [6, 6.07) is 8.38. The first-order valence-electron chi connectivity index (χ1n) is 11.6. The first-order valence-corrected chi connectivity index (χ1v) is 11.6. The fourth-order valence-electron chi connectivity index (χ4n) is 5.73. The highest BCUT2D eigenvalue weighted by atomic mass is 16.2. The van der Waals surface area contributed by atoms with E-state index < -0.39 is 0 Å². The van der Waals surface area contributed by atoms with E-state index in [9.17, 15) is 4.79 Å². The monoisotopic (exact) mass is 381 g/mol. The van der Waals surface area contributed by atoms with Crippen molar-refractivity contribution >= 4 is 11.6 Å². The Labute approximate surface area is 169 Å². The molecule has 4 nitrogen and oxygen atoms in total. The molecule has 0 radical (unpaired) electrons. The first kappa shape index (κ1) is 18.6. The number of hydrogen-bond acceptors (Lipinski definition) is 3. The maximum Gasteiger partial charge on any atom is 0.241 e. The first-order chi connectivity index (χ1) is 13.8. The highest BCUT2D eigenvalue weighted by Gasteiger charge is 2.33. The SMILES string of the molecule is O=C(CN1CCC(C2CCN(CC3CC3)CC2)CC1)N1CCc2ccccc21. The number of carbonyl (C=O) groups excluding carboxylic acids is 1. The van der Waals surface area contributed by atoms with E-state index in [0.717, 1.165) is 49.5 Å². The van der Waals surface area contributed by atoms with Crippen molar-refractivity contribution in [3.05, 3.63) is 29.8 Å². The molecule has 152 valence electrons. The van der Waals surface area contributed by atoms with Crippen LogP contribution in [-0.4, -0.2) is 61.5 Å². The molecule has 4 aliphatic rings. The predicted octanol–water partition coefficient (Wildman–Crippen LogP) is 3.41. The number of benzene rings is 1. The average Bonchev–Trinajstić information content (AvgIpc) is 3.44. The standard InChI is InChI=1S/C24H35N3O/c28-24(27-16-11-22-3-1-2-4-23(22)27)18-26-14-9-21(10-15-26)20-7-12-25(13-8-20)17-19-5-6-19/h1-4,19-21H,5-18H2. The number of hydrogen-bond donors (Lipinski definition) is 0. The number of likely N-dealkylation sites (tertiary alicyclic amines) is 2. The quantitative estimate of drug-likeness (QED) is 0.782. The van der Waals surface area contributed by atoms with E-state index >= 15 is 0 Å². The number of anilines is 1. The van der Waals surface area contributed by atoms with E-state index in [2.05, 4.69) is 28.0 Å². The Morgan fingerprint density at radius 3 is 2.14 bits per heavy atom. The molecule has 4 heteroatoms. The summed E-state index contributed by atoms with van der Waals surface area (Å²) in [7, 11) is 0. The molecule has 1 saturated carbocycles. The van der Waals surface area contributed by atoms with Crippen LogP contribution in [-0.2, 0) is 11.2 Å². The molecule has 5 rings (SSSR count). The molecule has 0 aromatic heterocycles. The van der Waals surface area contributed by atoms with Gasteiger partial charge in [0.1, 0.15) is 0 Å². The van der Waals surface area contributed by atoms with Crippen molar-refractivity contribution in [2.24, 2.45) is 17.8 Å². The second-order valence-corrected chi connectivity index (χ2v) is 9.62. The third-order valence-corrected chi connectivity index (χ3v) is 7.69. The topological polar surface area (TPSA) is 26.8 Å². The van der Waals surface area contributed by atoms with E-state index in [0.29, 0.717) is 6.54 Å². The van der Waals surface area contributed by atoms with Crippen LogP contribution in [0.2, 0.25) is 0 Å². The molecule has 0 bridgehead atoms. The minimum Gasteiger partial charge on any atom is -0.311 e. The molecule has 1 aliphatic carbocycles. The molecule has 3 heterocycles. The smallest absolute Gasteiger partial charge is 0.241 e. The zero-order chi connectivity index (χ0) is 18.9. The van der Waals surface area contributed by atoms with E-state index in [1.54, 1.807) is 0 Å². The van der Waals surface area contributed by atoms with Crippen molar-refractivity contribution in [3.8, 4) is 0 Å². The molecule has 3 aliphatic heterocycles. The van der Waals surface area contributed by atoms with Gasteiger partial charge in [0, 0.05) is 18.8 Å². The van der Waals surface area contributed by atoms with Gasteiger partial charge >= 0.3 is 0 Å². The number of para-hydroxylation sites is 1. The molecule has 0 atom stereocenters. The Kier molecular flexibility index (Phi) is 5.43. The van der Waals surface area contributed by atoms with Gasteiger partial charge in [-0.15, -0.1) is 0 Å². The molecule has 0 spiro atoms. The maximum absolute atomic E-state index is 12.9. The number of piperidine rings is 2. The zero-order valence-electron chi connectivity index (χ0n) is 17.2. The van der Waals surface area contributed by atoms with E-state index in [1.165, 1.54) is 63.7 Å². The molecule has 0 N–H and O–H groups in total. The van der Waals surface area contributed by atoms with Crippen molar-refractivity contribution < 1.29 is 4.79 Å². The molecular formula is C24H35N3O. The van der Waals surface area contributed by atoms with Gasteiger partial charge in [0.05, 0.1) is 6.54 Å². The van der Waals surface area contributed by atoms with Crippen LogP contribution in [0.5, 0.6) is 0 Å².